The number of amides is 3. The van der Waals surface area contributed by atoms with Crippen LogP contribution in [-0.4, -0.2) is 74.6 Å². The number of aliphatic hydroxyl groups excluding tert-OH is 1. The molecule has 3 N–H and O–H groups in total. The van der Waals surface area contributed by atoms with Crippen molar-refractivity contribution in [1.82, 2.24) is 25.1 Å². The van der Waals surface area contributed by atoms with Crippen LogP contribution in [0, 0.1) is 5.82 Å². The van der Waals surface area contributed by atoms with Crippen LogP contribution in [0.25, 0.3) is 20.8 Å². The molecule has 4 aromatic rings. The van der Waals surface area contributed by atoms with Crippen LogP contribution >= 0.6 is 11.3 Å². The molecular weight excluding hydrogens is 567 g/mol. The first-order valence-corrected chi connectivity index (χ1v) is 15.3. The van der Waals surface area contributed by atoms with E-state index in [1.165, 1.54) is 6.07 Å². The van der Waals surface area contributed by atoms with Crippen LogP contribution in [0.4, 0.5) is 14.9 Å². The van der Waals surface area contributed by atoms with E-state index in [0.29, 0.717) is 30.8 Å². The third-order valence-electron chi connectivity index (χ3n) is 8.00. The Morgan fingerprint density at radius 2 is 1.93 bits per heavy atom. The van der Waals surface area contributed by atoms with E-state index in [2.05, 4.69) is 26.6 Å². The van der Waals surface area contributed by atoms with Crippen LogP contribution in [-0.2, 0) is 17.8 Å². The maximum Gasteiger partial charge on any atom is 0.319 e. The van der Waals surface area contributed by atoms with E-state index in [1.807, 2.05) is 38.2 Å². The van der Waals surface area contributed by atoms with Crippen molar-refractivity contribution in [3.63, 3.8) is 0 Å². The van der Waals surface area contributed by atoms with Gasteiger partial charge in [-0.1, -0.05) is 12.1 Å². The monoisotopic (exact) mass is 602 g/mol. The van der Waals surface area contributed by atoms with Crippen molar-refractivity contribution in [2.24, 2.45) is 0 Å². The Hall–Kier alpha value is -3.93. The number of piperazine rings is 1. The molecule has 224 valence electrons. The molecule has 4 heterocycles. The van der Waals surface area contributed by atoms with Crippen molar-refractivity contribution >= 4 is 39.2 Å². The van der Waals surface area contributed by atoms with Gasteiger partial charge in [0, 0.05) is 56.7 Å². The topological polar surface area (TPSA) is 111 Å². The molecule has 0 atom stereocenters. The summed E-state index contributed by atoms with van der Waals surface area (Å²) in [7, 11) is 0. The molecule has 2 fully saturated rings. The van der Waals surface area contributed by atoms with Gasteiger partial charge < -0.3 is 20.6 Å². The lowest BCUT2D eigenvalue weighted by Crippen LogP contribution is -2.61. The number of carbonyl (C=O) groups is 2. The molecule has 0 spiro atoms. The van der Waals surface area contributed by atoms with Crippen molar-refractivity contribution in [1.29, 1.82) is 0 Å². The van der Waals surface area contributed by atoms with Gasteiger partial charge >= 0.3 is 6.03 Å². The highest BCUT2D eigenvalue weighted by Gasteiger charge is 2.36. The van der Waals surface area contributed by atoms with E-state index in [9.17, 15) is 14.7 Å². The molecule has 1 saturated heterocycles. The van der Waals surface area contributed by atoms with Crippen LogP contribution in [0.2, 0.25) is 0 Å². The van der Waals surface area contributed by atoms with Crippen LogP contribution in [0.3, 0.4) is 0 Å². The van der Waals surface area contributed by atoms with Gasteiger partial charge in [-0.2, -0.15) is 0 Å². The fraction of sp³-hybridized carbons (Fsp3) is 0.375. The lowest BCUT2D eigenvalue weighted by molar-refractivity contribution is -0.143. The Bertz CT molecular complexity index is 1650. The number of thiophene rings is 1. The number of anilines is 1. The number of fused-ring (bicyclic) bond motifs is 1. The SMILES string of the molecule is CC1(C)CN(Cc2ccc(-c3cc4nccc(Cc5ccc(NC(=O)NC6CC6)cc5F)c4s3)nc2)CCN1C(=O)CO. The minimum absolute atomic E-state index is 0.230. The summed E-state index contributed by atoms with van der Waals surface area (Å²) in [6.45, 7) is 6.33. The molecule has 3 aromatic heterocycles. The summed E-state index contributed by atoms with van der Waals surface area (Å²) in [5.74, 6) is -0.602. The van der Waals surface area contributed by atoms with Gasteiger partial charge in [0.15, 0.2) is 0 Å². The highest BCUT2D eigenvalue weighted by atomic mass is 32.1. The quantitative estimate of drug-likeness (QED) is 0.268. The summed E-state index contributed by atoms with van der Waals surface area (Å²) < 4.78 is 16.0. The summed E-state index contributed by atoms with van der Waals surface area (Å²) >= 11 is 1.59. The van der Waals surface area contributed by atoms with Gasteiger partial charge in [-0.05, 0) is 73.7 Å². The number of pyridine rings is 2. The third-order valence-corrected chi connectivity index (χ3v) is 9.22. The molecule has 6 rings (SSSR count). The predicted molar refractivity (Wildman–Crippen MR) is 165 cm³/mol. The second kappa shape index (κ2) is 12.0. The van der Waals surface area contributed by atoms with E-state index in [4.69, 9.17) is 4.98 Å². The first-order valence-electron chi connectivity index (χ1n) is 14.5. The van der Waals surface area contributed by atoms with Crippen LogP contribution in [0.15, 0.2) is 54.9 Å². The highest BCUT2D eigenvalue weighted by Crippen LogP contribution is 2.35. The number of halogens is 1. The number of aromatic nitrogens is 2. The molecular formula is C32H35FN6O3S. The average Bonchev–Trinajstić information content (AvgIpc) is 3.67. The van der Waals surface area contributed by atoms with E-state index < -0.39 is 6.61 Å². The Kier molecular flexibility index (Phi) is 8.13. The molecule has 3 amide bonds. The van der Waals surface area contributed by atoms with Gasteiger partial charge in [0.2, 0.25) is 5.91 Å². The fourth-order valence-electron chi connectivity index (χ4n) is 5.67. The summed E-state index contributed by atoms with van der Waals surface area (Å²) in [5.41, 5.74) is 4.36. The first kappa shape index (κ1) is 29.2. The highest BCUT2D eigenvalue weighted by molar-refractivity contribution is 7.22. The molecule has 1 aliphatic heterocycles. The summed E-state index contributed by atoms with van der Waals surface area (Å²) in [4.78, 5) is 38.4. The third kappa shape index (κ3) is 6.69. The van der Waals surface area contributed by atoms with Gasteiger partial charge in [-0.3, -0.25) is 19.7 Å². The molecule has 0 unspecified atom stereocenters. The fourth-order valence-corrected chi connectivity index (χ4v) is 6.77. The van der Waals surface area contributed by atoms with Crippen LogP contribution in [0.5, 0.6) is 0 Å². The van der Waals surface area contributed by atoms with E-state index in [1.54, 1.807) is 34.6 Å². The number of rotatable bonds is 8. The minimum atomic E-state index is -0.465. The van der Waals surface area contributed by atoms with E-state index in [-0.39, 0.29) is 29.3 Å². The van der Waals surface area contributed by atoms with E-state index in [0.717, 1.165) is 57.8 Å². The molecule has 1 saturated carbocycles. The van der Waals surface area contributed by atoms with Gasteiger partial charge in [0.05, 0.1) is 26.3 Å². The molecule has 1 aromatic carbocycles. The second-order valence-corrected chi connectivity index (χ2v) is 13.0. The molecule has 11 heteroatoms. The lowest BCUT2D eigenvalue weighted by atomic mass is 9.98. The van der Waals surface area contributed by atoms with Crippen molar-refractivity contribution in [2.75, 3.05) is 31.6 Å². The van der Waals surface area contributed by atoms with Crippen LogP contribution < -0.4 is 10.6 Å². The zero-order valence-electron chi connectivity index (χ0n) is 24.3. The molecule has 1 aliphatic carbocycles. The molecule has 2 aliphatic rings. The number of hydrogen-bond donors (Lipinski definition) is 3. The molecule has 0 bridgehead atoms. The molecule has 43 heavy (non-hydrogen) atoms. The Labute approximate surface area is 253 Å². The number of nitrogens with one attached hydrogen (secondary N) is 2. The minimum Gasteiger partial charge on any atom is -0.387 e. The lowest BCUT2D eigenvalue weighted by Gasteiger charge is -2.47. The zero-order valence-corrected chi connectivity index (χ0v) is 25.1. The number of nitrogens with zero attached hydrogens (tertiary/aromatic N) is 4. The van der Waals surface area contributed by atoms with Crippen molar-refractivity contribution < 1.29 is 19.1 Å². The second-order valence-electron chi connectivity index (χ2n) is 11.9. The number of aliphatic hydroxyl groups is 1. The average molecular weight is 603 g/mol. The van der Waals surface area contributed by atoms with E-state index >= 15 is 4.39 Å². The Morgan fingerprint density at radius 1 is 1.09 bits per heavy atom. The number of benzene rings is 1. The van der Waals surface area contributed by atoms with Gasteiger partial charge in [-0.25, -0.2) is 9.18 Å². The molecule has 0 radical (unpaired) electrons. The van der Waals surface area contributed by atoms with Crippen molar-refractivity contribution in [3.8, 4) is 10.6 Å². The van der Waals surface area contributed by atoms with Gasteiger partial charge in [-0.15, -0.1) is 11.3 Å². The normalized spacial score (nSPS) is 16.8. The summed E-state index contributed by atoms with van der Waals surface area (Å²) in [5, 5.41) is 14.8. The van der Waals surface area contributed by atoms with Crippen LogP contribution in [0.1, 0.15) is 43.4 Å². The van der Waals surface area contributed by atoms with Gasteiger partial charge in [0.25, 0.3) is 0 Å². The standard InChI is InChI=1S/C32H35FN6O3S/c1-32(2)19-38(11-12-39(32)29(41)18-40)17-20-3-8-26(35-16-20)28-15-27-30(43-28)22(9-10-34-27)13-21-4-5-24(14-25(21)33)37-31(42)36-23-6-7-23/h3-5,8-10,14-16,23,40H,6-7,11-13,17-19H2,1-2H3,(H2,36,37,42). The van der Waals surface area contributed by atoms with Gasteiger partial charge in [0.1, 0.15) is 12.4 Å². The largest absolute Gasteiger partial charge is 0.387 e. The Morgan fingerprint density at radius 3 is 2.63 bits per heavy atom. The number of carbonyl (C=O) groups excluding carboxylic acids is 2. The zero-order chi connectivity index (χ0) is 30.1. The summed E-state index contributed by atoms with van der Waals surface area (Å²) in [6, 6.07) is 12.8. The maximum atomic E-state index is 15.0. The first-order chi connectivity index (χ1) is 20.7. The number of hydrogen-bond acceptors (Lipinski definition) is 7. The maximum absolute atomic E-state index is 15.0. The van der Waals surface area contributed by atoms with Crippen molar-refractivity contribution in [3.05, 3.63) is 77.4 Å². The molecule has 9 nitrogen and oxygen atoms in total. The smallest absolute Gasteiger partial charge is 0.319 e. The predicted octanol–water partition coefficient (Wildman–Crippen LogP) is 4.79. The Balaban J connectivity index is 1.13. The number of urea groups is 1. The summed E-state index contributed by atoms with van der Waals surface area (Å²) in [6.07, 6.45) is 6.01. The van der Waals surface area contributed by atoms with Crippen molar-refractivity contribution in [2.45, 2.75) is 51.2 Å².